The molecule has 0 bridgehead atoms. The van der Waals surface area contributed by atoms with Gasteiger partial charge >= 0.3 is 0 Å². The van der Waals surface area contributed by atoms with Crippen molar-refractivity contribution < 1.29 is 0 Å². The van der Waals surface area contributed by atoms with Crippen LogP contribution in [0.5, 0.6) is 0 Å². The zero-order valence-electron chi connectivity index (χ0n) is 9.80. The highest BCUT2D eigenvalue weighted by Gasteiger charge is 2.14. The summed E-state index contributed by atoms with van der Waals surface area (Å²) < 4.78 is 0. The Morgan fingerprint density at radius 2 is 1.94 bits per heavy atom. The van der Waals surface area contributed by atoms with Crippen molar-refractivity contribution in [2.24, 2.45) is 0 Å². The number of hydrogen-bond acceptors (Lipinski definition) is 3. The van der Waals surface area contributed by atoms with E-state index in [0.29, 0.717) is 15.1 Å². The first-order chi connectivity index (χ1) is 8.54. The third-order valence-electron chi connectivity index (χ3n) is 2.64. The molecule has 0 amide bonds. The average Bonchev–Trinajstić information content (AvgIpc) is 2.84. The highest BCUT2D eigenvalue weighted by atomic mass is 35.5. The molecule has 0 aliphatic carbocycles. The van der Waals surface area contributed by atoms with Crippen LogP contribution < -0.4 is 5.32 Å². The molecule has 1 aromatic carbocycles. The minimum Gasteiger partial charge on any atom is -0.311 e. The normalized spacial score (nSPS) is 12.7. The van der Waals surface area contributed by atoms with Crippen LogP contribution in [0.25, 0.3) is 11.3 Å². The van der Waals surface area contributed by atoms with Crippen LogP contribution in [0.4, 0.5) is 0 Å². The van der Waals surface area contributed by atoms with Gasteiger partial charge in [0, 0.05) is 10.9 Å². The van der Waals surface area contributed by atoms with Gasteiger partial charge in [-0.2, -0.15) is 0 Å². The van der Waals surface area contributed by atoms with E-state index in [4.69, 9.17) is 34.8 Å². The minimum absolute atomic E-state index is 0.213. The van der Waals surface area contributed by atoms with Gasteiger partial charge in [0.1, 0.15) is 5.01 Å². The summed E-state index contributed by atoms with van der Waals surface area (Å²) in [5, 5.41) is 7.38. The number of nitrogens with one attached hydrogen (secondary N) is 1. The molecular formula is C12H11Cl3N2S. The summed E-state index contributed by atoms with van der Waals surface area (Å²) in [4.78, 5) is 4.55. The predicted octanol–water partition coefficient (Wildman–Crippen LogP) is 5.05. The van der Waals surface area contributed by atoms with Gasteiger partial charge in [0.25, 0.3) is 0 Å². The van der Waals surface area contributed by atoms with Crippen molar-refractivity contribution in [3.8, 4) is 11.3 Å². The number of halogens is 3. The van der Waals surface area contributed by atoms with E-state index in [9.17, 15) is 0 Å². The van der Waals surface area contributed by atoms with Crippen molar-refractivity contribution in [3.63, 3.8) is 0 Å². The van der Waals surface area contributed by atoms with Crippen molar-refractivity contribution in [1.29, 1.82) is 0 Å². The topological polar surface area (TPSA) is 24.9 Å². The summed E-state index contributed by atoms with van der Waals surface area (Å²) in [5.74, 6) is 0. The molecule has 1 atom stereocenters. The molecule has 6 heteroatoms. The lowest BCUT2D eigenvalue weighted by molar-refractivity contribution is 0.648. The molecule has 1 unspecified atom stereocenters. The second-order valence-electron chi connectivity index (χ2n) is 3.80. The van der Waals surface area contributed by atoms with Gasteiger partial charge in [0.15, 0.2) is 0 Å². The van der Waals surface area contributed by atoms with E-state index in [1.807, 2.05) is 18.5 Å². The van der Waals surface area contributed by atoms with Gasteiger partial charge in [0.2, 0.25) is 0 Å². The van der Waals surface area contributed by atoms with Crippen LogP contribution in [0.1, 0.15) is 18.0 Å². The maximum absolute atomic E-state index is 6.19. The molecule has 2 rings (SSSR count). The molecule has 0 aliphatic rings. The van der Waals surface area contributed by atoms with E-state index >= 15 is 0 Å². The summed E-state index contributed by atoms with van der Waals surface area (Å²) in [5.41, 5.74) is 1.62. The Morgan fingerprint density at radius 1 is 1.22 bits per heavy atom. The van der Waals surface area contributed by atoms with E-state index in [0.717, 1.165) is 16.3 Å². The van der Waals surface area contributed by atoms with Crippen LogP contribution in [-0.2, 0) is 0 Å². The third-order valence-corrected chi connectivity index (χ3v) is 4.96. The van der Waals surface area contributed by atoms with Crippen molar-refractivity contribution in [1.82, 2.24) is 10.3 Å². The first-order valence-corrected chi connectivity index (χ1v) is 7.32. The monoisotopic (exact) mass is 320 g/mol. The van der Waals surface area contributed by atoms with E-state index in [2.05, 4.69) is 17.2 Å². The van der Waals surface area contributed by atoms with Gasteiger partial charge in [0.05, 0.1) is 26.8 Å². The Labute approximate surface area is 125 Å². The lowest BCUT2D eigenvalue weighted by Crippen LogP contribution is -2.11. The highest BCUT2D eigenvalue weighted by molar-refractivity contribution is 7.10. The first-order valence-electron chi connectivity index (χ1n) is 5.31. The maximum atomic E-state index is 6.19. The molecule has 0 fully saturated rings. The van der Waals surface area contributed by atoms with Crippen molar-refractivity contribution in [2.45, 2.75) is 13.0 Å². The molecule has 1 N–H and O–H groups in total. The maximum Gasteiger partial charge on any atom is 0.110 e. The van der Waals surface area contributed by atoms with Crippen LogP contribution in [0.2, 0.25) is 15.1 Å². The second kappa shape index (κ2) is 5.76. The number of thiazole rings is 1. The lowest BCUT2D eigenvalue weighted by Gasteiger charge is -2.06. The molecule has 0 aliphatic heterocycles. The Balaban J connectivity index is 2.43. The second-order valence-corrected chi connectivity index (χ2v) is 5.86. The van der Waals surface area contributed by atoms with Crippen LogP contribution in [0.3, 0.4) is 0 Å². The summed E-state index contributed by atoms with van der Waals surface area (Å²) in [6.07, 6.45) is 0. The SMILES string of the molecule is CNC(C)c1nc(-c2ccc(Cl)c(Cl)c2Cl)cs1. The van der Waals surface area contributed by atoms with Crippen LogP contribution in [-0.4, -0.2) is 12.0 Å². The van der Waals surface area contributed by atoms with Crippen molar-refractivity contribution >= 4 is 46.1 Å². The number of nitrogens with zero attached hydrogens (tertiary/aromatic N) is 1. The molecular weight excluding hydrogens is 311 g/mol. The molecule has 0 spiro atoms. The van der Waals surface area contributed by atoms with Gasteiger partial charge in [-0.05, 0) is 26.1 Å². The summed E-state index contributed by atoms with van der Waals surface area (Å²) >= 11 is 19.7. The van der Waals surface area contributed by atoms with Crippen molar-refractivity contribution in [3.05, 3.63) is 37.6 Å². The molecule has 1 aromatic heterocycles. The Kier molecular flexibility index (Phi) is 4.51. The molecule has 18 heavy (non-hydrogen) atoms. The zero-order valence-corrected chi connectivity index (χ0v) is 12.9. The van der Waals surface area contributed by atoms with E-state index < -0.39 is 0 Å². The fourth-order valence-electron chi connectivity index (χ4n) is 1.46. The fraction of sp³-hybridized carbons (Fsp3) is 0.250. The molecule has 0 saturated heterocycles. The van der Waals surface area contributed by atoms with Gasteiger partial charge in [-0.1, -0.05) is 34.8 Å². The lowest BCUT2D eigenvalue weighted by atomic mass is 10.2. The molecule has 2 aromatic rings. The molecule has 0 radical (unpaired) electrons. The van der Waals surface area contributed by atoms with Crippen molar-refractivity contribution in [2.75, 3.05) is 7.05 Å². The van der Waals surface area contributed by atoms with Crippen LogP contribution >= 0.6 is 46.1 Å². The van der Waals surface area contributed by atoms with Gasteiger partial charge in [-0.15, -0.1) is 11.3 Å². The van der Waals surface area contributed by atoms with E-state index in [1.54, 1.807) is 17.4 Å². The quantitative estimate of drug-likeness (QED) is 0.800. The average molecular weight is 322 g/mol. The highest BCUT2D eigenvalue weighted by Crippen LogP contribution is 2.38. The van der Waals surface area contributed by atoms with Gasteiger partial charge in [-0.25, -0.2) is 4.98 Å². The van der Waals surface area contributed by atoms with Gasteiger partial charge in [-0.3, -0.25) is 0 Å². The van der Waals surface area contributed by atoms with Crippen LogP contribution in [0.15, 0.2) is 17.5 Å². The number of benzene rings is 1. The van der Waals surface area contributed by atoms with Gasteiger partial charge < -0.3 is 5.32 Å². The summed E-state index contributed by atoms with van der Waals surface area (Å²) in [6.45, 7) is 2.05. The Bertz CT molecular complexity index is 568. The van der Waals surface area contributed by atoms with E-state index in [1.165, 1.54) is 0 Å². The smallest absolute Gasteiger partial charge is 0.110 e. The van der Waals surface area contributed by atoms with Crippen LogP contribution in [0, 0.1) is 0 Å². The number of hydrogen-bond donors (Lipinski definition) is 1. The Hall–Kier alpha value is -0.320. The fourth-order valence-corrected chi connectivity index (χ4v) is 2.97. The third kappa shape index (κ3) is 2.65. The predicted molar refractivity (Wildman–Crippen MR) is 80.1 cm³/mol. The summed E-state index contributed by atoms with van der Waals surface area (Å²) in [7, 11) is 1.90. The standard InChI is InChI=1S/C12H11Cl3N2S/c1-6(16-2)12-17-9(5-18-12)7-3-4-8(13)11(15)10(7)14/h3-6,16H,1-2H3. The minimum atomic E-state index is 0.213. The summed E-state index contributed by atoms with van der Waals surface area (Å²) in [6, 6.07) is 3.77. The molecule has 0 saturated carbocycles. The largest absolute Gasteiger partial charge is 0.311 e. The molecule has 2 nitrogen and oxygen atoms in total. The number of rotatable bonds is 3. The Morgan fingerprint density at radius 3 is 2.61 bits per heavy atom. The first kappa shape index (κ1) is 14.1. The zero-order chi connectivity index (χ0) is 13.3. The number of aromatic nitrogens is 1. The van der Waals surface area contributed by atoms with E-state index in [-0.39, 0.29) is 6.04 Å². The molecule has 96 valence electrons. The molecule has 1 heterocycles.